The van der Waals surface area contributed by atoms with Crippen LogP contribution in [0.2, 0.25) is 0 Å². The Hall–Kier alpha value is -2.30. The van der Waals surface area contributed by atoms with Gasteiger partial charge in [-0.1, -0.05) is 6.07 Å². The second-order valence-corrected chi connectivity index (χ2v) is 5.20. The van der Waals surface area contributed by atoms with E-state index in [1.165, 1.54) is 0 Å². The van der Waals surface area contributed by atoms with Gasteiger partial charge in [0, 0.05) is 18.3 Å². The maximum absolute atomic E-state index is 12.3. The second kappa shape index (κ2) is 5.99. The Morgan fingerprint density at radius 1 is 1.33 bits per heavy atom. The molecule has 0 atom stereocenters. The van der Waals surface area contributed by atoms with Crippen LogP contribution in [0, 0.1) is 20.8 Å². The number of hydrogen-bond donors (Lipinski definition) is 1. The van der Waals surface area contributed by atoms with Crippen molar-refractivity contribution in [3.8, 4) is 5.75 Å². The standard InChI is InChI=1S/C16H21N3O2/c1-10-6-7-15(21-5)14(8-10)17-16(20)9-13-11(2)18-19(4)12(13)3/h6-8H,9H2,1-5H3,(H,17,20). The van der Waals surface area contributed by atoms with Crippen LogP contribution in [-0.4, -0.2) is 22.8 Å². The summed E-state index contributed by atoms with van der Waals surface area (Å²) in [6, 6.07) is 5.70. The van der Waals surface area contributed by atoms with Crippen LogP contribution >= 0.6 is 0 Å². The smallest absolute Gasteiger partial charge is 0.229 e. The van der Waals surface area contributed by atoms with Crippen LogP contribution in [0.25, 0.3) is 0 Å². The number of methoxy groups -OCH3 is 1. The van der Waals surface area contributed by atoms with Gasteiger partial charge in [0.05, 0.1) is 24.9 Å². The molecule has 0 aliphatic carbocycles. The fourth-order valence-electron chi connectivity index (χ4n) is 2.35. The summed E-state index contributed by atoms with van der Waals surface area (Å²) < 4.78 is 7.07. The molecular weight excluding hydrogens is 266 g/mol. The van der Waals surface area contributed by atoms with E-state index in [1.807, 2.05) is 46.0 Å². The highest BCUT2D eigenvalue weighted by molar-refractivity contribution is 5.94. The van der Waals surface area contributed by atoms with Crippen molar-refractivity contribution in [2.45, 2.75) is 27.2 Å². The molecule has 1 heterocycles. The number of benzene rings is 1. The molecule has 1 aromatic carbocycles. The molecule has 5 nitrogen and oxygen atoms in total. The highest BCUT2D eigenvalue weighted by Gasteiger charge is 2.15. The third kappa shape index (κ3) is 3.24. The van der Waals surface area contributed by atoms with Crippen LogP contribution in [0.1, 0.15) is 22.5 Å². The van der Waals surface area contributed by atoms with Crippen LogP contribution in [-0.2, 0) is 18.3 Å². The lowest BCUT2D eigenvalue weighted by atomic mass is 10.1. The van der Waals surface area contributed by atoms with Gasteiger partial charge in [0.15, 0.2) is 0 Å². The van der Waals surface area contributed by atoms with Gasteiger partial charge in [-0.15, -0.1) is 0 Å². The molecule has 1 N–H and O–H groups in total. The van der Waals surface area contributed by atoms with E-state index in [0.717, 1.165) is 22.5 Å². The summed E-state index contributed by atoms with van der Waals surface area (Å²) in [6.45, 7) is 5.86. The molecule has 0 saturated carbocycles. The van der Waals surface area contributed by atoms with Gasteiger partial charge in [-0.3, -0.25) is 9.48 Å². The number of carbonyl (C=O) groups excluding carboxylic acids is 1. The molecule has 5 heteroatoms. The Labute approximate surface area is 124 Å². The average molecular weight is 287 g/mol. The zero-order chi connectivity index (χ0) is 15.6. The molecule has 21 heavy (non-hydrogen) atoms. The fraction of sp³-hybridized carbons (Fsp3) is 0.375. The van der Waals surface area contributed by atoms with Crippen LogP contribution in [0.3, 0.4) is 0 Å². The second-order valence-electron chi connectivity index (χ2n) is 5.20. The Kier molecular flexibility index (Phi) is 4.31. The summed E-state index contributed by atoms with van der Waals surface area (Å²) in [7, 11) is 3.48. The molecule has 2 rings (SSSR count). The Bertz CT molecular complexity index is 674. The molecule has 0 aliphatic rings. The molecule has 0 unspecified atom stereocenters. The van der Waals surface area contributed by atoms with E-state index in [9.17, 15) is 4.79 Å². The zero-order valence-electron chi connectivity index (χ0n) is 13.2. The molecule has 0 aliphatic heterocycles. The summed E-state index contributed by atoms with van der Waals surface area (Å²) in [4.78, 5) is 12.3. The first kappa shape index (κ1) is 15.1. The minimum absolute atomic E-state index is 0.0712. The van der Waals surface area contributed by atoms with Crippen molar-refractivity contribution in [3.05, 3.63) is 40.7 Å². The quantitative estimate of drug-likeness (QED) is 0.940. The fourth-order valence-corrected chi connectivity index (χ4v) is 2.35. The average Bonchev–Trinajstić information content (AvgIpc) is 2.66. The van der Waals surface area contributed by atoms with E-state index >= 15 is 0 Å². The van der Waals surface area contributed by atoms with Crippen LogP contribution in [0.4, 0.5) is 5.69 Å². The van der Waals surface area contributed by atoms with E-state index < -0.39 is 0 Å². The molecule has 0 fully saturated rings. The van der Waals surface area contributed by atoms with E-state index in [2.05, 4.69) is 10.4 Å². The van der Waals surface area contributed by atoms with Gasteiger partial charge in [-0.2, -0.15) is 5.10 Å². The lowest BCUT2D eigenvalue weighted by Crippen LogP contribution is -2.16. The van der Waals surface area contributed by atoms with Gasteiger partial charge < -0.3 is 10.1 Å². The SMILES string of the molecule is COc1ccc(C)cc1NC(=O)Cc1c(C)nn(C)c1C. The van der Waals surface area contributed by atoms with E-state index in [4.69, 9.17) is 4.74 Å². The number of nitrogens with one attached hydrogen (secondary N) is 1. The molecular formula is C16H21N3O2. The van der Waals surface area contributed by atoms with E-state index in [0.29, 0.717) is 17.9 Å². The maximum atomic E-state index is 12.3. The number of ether oxygens (including phenoxy) is 1. The number of carbonyl (C=O) groups is 1. The number of aromatic nitrogens is 2. The minimum atomic E-state index is -0.0712. The first-order valence-corrected chi connectivity index (χ1v) is 6.86. The topological polar surface area (TPSA) is 56.1 Å². The van der Waals surface area contributed by atoms with Crippen LogP contribution in [0.15, 0.2) is 18.2 Å². The predicted octanol–water partition coefficient (Wildman–Crippen LogP) is 2.54. The number of rotatable bonds is 4. The maximum Gasteiger partial charge on any atom is 0.229 e. The third-order valence-electron chi connectivity index (χ3n) is 3.63. The van der Waals surface area contributed by atoms with Crippen molar-refractivity contribution < 1.29 is 9.53 Å². The Morgan fingerprint density at radius 3 is 2.62 bits per heavy atom. The van der Waals surface area contributed by atoms with Gasteiger partial charge in [-0.25, -0.2) is 0 Å². The minimum Gasteiger partial charge on any atom is -0.495 e. The molecule has 112 valence electrons. The molecule has 1 amide bonds. The van der Waals surface area contributed by atoms with Crippen molar-refractivity contribution >= 4 is 11.6 Å². The van der Waals surface area contributed by atoms with Crippen molar-refractivity contribution in [1.29, 1.82) is 0 Å². The summed E-state index contributed by atoms with van der Waals surface area (Å²) in [6.07, 6.45) is 0.308. The summed E-state index contributed by atoms with van der Waals surface area (Å²) in [5.41, 5.74) is 4.64. The van der Waals surface area contributed by atoms with Gasteiger partial charge in [0.25, 0.3) is 0 Å². The lowest BCUT2D eigenvalue weighted by Gasteiger charge is -2.11. The van der Waals surface area contributed by atoms with E-state index in [-0.39, 0.29) is 5.91 Å². The number of anilines is 1. The Balaban J connectivity index is 2.17. The number of hydrogen-bond acceptors (Lipinski definition) is 3. The van der Waals surface area contributed by atoms with Gasteiger partial charge in [0.2, 0.25) is 5.91 Å². The van der Waals surface area contributed by atoms with E-state index in [1.54, 1.807) is 11.8 Å². The predicted molar refractivity (Wildman–Crippen MR) is 82.7 cm³/mol. The molecule has 0 saturated heterocycles. The van der Waals surface area contributed by atoms with Gasteiger partial charge >= 0.3 is 0 Å². The highest BCUT2D eigenvalue weighted by atomic mass is 16.5. The van der Waals surface area contributed by atoms with Gasteiger partial charge in [-0.05, 0) is 38.5 Å². The van der Waals surface area contributed by atoms with Crippen molar-refractivity contribution in [3.63, 3.8) is 0 Å². The lowest BCUT2D eigenvalue weighted by molar-refractivity contribution is -0.115. The molecule has 2 aromatic rings. The van der Waals surface area contributed by atoms with Gasteiger partial charge in [0.1, 0.15) is 5.75 Å². The number of aryl methyl sites for hydroxylation is 3. The molecule has 1 aromatic heterocycles. The largest absolute Gasteiger partial charge is 0.495 e. The van der Waals surface area contributed by atoms with Crippen LogP contribution in [0.5, 0.6) is 5.75 Å². The Morgan fingerprint density at radius 2 is 2.05 bits per heavy atom. The highest BCUT2D eigenvalue weighted by Crippen LogP contribution is 2.25. The normalized spacial score (nSPS) is 10.5. The zero-order valence-corrected chi connectivity index (χ0v) is 13.2. The van der Waals surface area contributed by atoms with Crippen molar-refractivity contribution in [2.24, 2.45) is 7.05 Å². The summed E-state index contributed by atoms with van der Waals surface area (Å²) in [5.74, 6) is 0.590. The summed E-state index contributed by atoms with van der Waals surface area (Å²) >= 11 is 0. The first-order valence-electron chi connectivity index (χ1n) is 6.86. The number of nitrogens with zero attached hydrogens (tertiary/aromatic N) is 2. The van der Waals surface area contributed by atoms with Crippen molar-refractivity contribution in [1.82, 2.24) is 9.78 Å². The monoisotopic (exact) mass is 287 g/mol. The van der Waals surface area contributed by atoms with Crippen molar-refractivity contribution in [2.75, 3.05) is 12.4 Å². The third-order valence-corrected chi connectivity index (χ3v) is 3.63. The molecule has 0 bridgehead atoms. The number of amides is 1. The van der Waals surface area contributed by atoms with Crippen LogP contribution < -0.4 is 10.1 Å². The first-order chi connectivity index (χ1) is 9.92. The molecule has 0 spiro atoms. The molecule has 0 radical (unpaired) electrons. The summed E-state index contributed by atoms with van der Waals surface area (Å²) in [5, 5.41) is 7.24.